The van der Waals surface area contributed by atoms with Gasteiger partial charge >= 0.3 is 5.97 Å². The van der Waals surface area contributed by atoms with E-state index in [9.17, 15) is 9.59 Å². The summed E-state index contributed by atoms with van der Waals surface area (Å²) in [5.74, 6) is 1.06. The van der Waals surface area contributed by atoms with Gasteiger partial charge in [-0.05, 0) is 54.3 Å². The number of anilines is 1. The monoisotopic (exact) mass is 561 g/mol. The van der Waals surface area contributed by atoms with E-state index in [1.165, 1.54) is 11.3 Å². The molecule has 35 heavy (non-hydrogen) atoms. The Morgan fingerprint density at radius 3 is 2.40 bits per heavy atom. The van der Waals surface area contributed by atoms with Gasteiger partial charge in [-0.25, -0.2) is 4.79 Å². The van der Waals surface area contributed by atoms with Gasteiger partial charge in [0.1, 0.15) is 16.3 Å². The van der Waals surface area contributed by atoms with E-state index in [1.807, 2.05) is 24.3 Å². The lowest BCUT2D eigenvalue weighted by molar-refractivity contribution is -0.118. The predicted octanol–water partition coefficient (Wildman–Crippen LogP) is 6.51. The lowest BCUT2D eigenvalue weighted by Gasteiger charge is -2.14. The van der Waals surface area contributed by atoms with E-state index in [1.54, 1.807) is 38.7 Å². The van der Waals surface area contributed by atoms with E-state index in [4.69, 9.17) is 18.9 Å². The Kier molecular flexibility index (Phi) is 9.17. The van der Waals surface area contributed by atoms with Crippen LogP contribution in [0.25, 0.3) is 11.1 Å². The molecule has 0 radical (unpaired) electrons. The summed E-state index contributed by atoms with van der Waals surface area (Å²) in [5, 5.41) is 5.00. The quantitative estimate of drug-likeness (QED) is 0.284. The number of thiophene rings is 1. The Bertz CT molecular complexity index is 1210. The third-order valence-corrected chi connectivity index (χ3v) is 6.56. The summed E-state index contributed by atoms with van der Waals surface area (Å²) in [7, 11) is 3.10. The second-order valence-corrected chi connectivity index (χ2v) is 9.61. The molecule has 3 aromatic rings. The number of methoxy groups -OCH3 is 2. The van der Waals surface area contributed by atoms with Crippen molar-refractivity contribution in [1.82, 2.24) is 0 Å². The van der Waals surface area contributed by atoms with E-state index >= 15 is 0 Å². The van der Waals surface area contributed by atoms with Gasteiger partial charge in [0.15, 0.2) is 18.1 Å². The number of hydrogen-bond donors (Lipinski definition) is 1. The minimum absolute atomic E-state index is 0.201. The topological polar surface area (TPSA) is 83.1 Å². The third kappa shape index (κ3) is 6.35. The summed E-state index contributed by atoms with van der Waals surface area (Å²) in [6, 6.07) is 11.0. The number of hydrogen-bond acceptors (Lipinski definition) is 7. The number of benzene rings is 2. The van der Waals surface area contributed by atoms with Crippen LogP contribution < -0.4 is 19.5 Å². The third-order valence-electron chi connectivity index (χ3n) is 5.17. The molecule has 0 aliphatic rings. The number of esters is 1. The predicted molar refractivity (Wildman–Crippen MR) is 141 cm³/mol. The van der Waals surface area contributed by atoms with Crippen LogP contribution in [0.3, 0.4) is 0 Å². The molecule has 1 amide bonds. The zero-order chi connectivity index (χ0) is 25.5. The van der Waals surface area contributed by atoms with Gasteiger partial charge in [0.25, 0.3) is 5.91 Å². The highest BCUT2D eigenvalue weighted by Gasteiger charge is 2.24. The summed E-state index contributed by atoms with van der Waals surface area (Å²) in [6.45, 7) is 5.85. The molecule has 3 rings (SSSR count). The molecule has 1 aromatic heterocycles. The summed E-state index contributed by atoms with van der Waals surface area (Å²) in [4.78, 5) is 25.6. The van der Waals surface area contributed by atoms with Crippen molar-refractivity contribution in [1.29, 1.82) is 0 Å². The van der Waals surface area contributed by atoms with Gasteiger partial charge in [0, 0.05) is 15.4 Å². The second kappa shape index (κ2) is 12.1. The van der Waals surface area contributed by atoms with Gasteiger partial charge < -0.3 is 24.3 Å². The molecule has 7 nitrogen and oxygen atoms in total. The molecular weight excluding hydrogens is 534 g/mol. The molecule has 9 heteroatoms. The standard InChI is InChI=1S/C26H28BrNO6S/c1-6-33-26(30)24-19(16-7-9-21(31-4)22(11-16)32-5)14-35-25(24)28-23(29)13-34-20-10-8-17(27)12-18(20)15(2)3/h7-12,14-15H,6,13H2,1-5H3,(H,28,29). The molecule has 186 valence electrons. The van der Waals surface area contributed by atoms with Crippen LogP contribution in [0.1, 0.15) is 42.6 Å². The molecule has 0 fully saturated rings. The van der Waals surface area contributed by atoms with Crippen molar-refractivity contribution in [3.05, 3.63) is 57.4 Å². The van der Waals surface area contributed by atoms with Crippen LogP contribution in [0, 0.1) is 0 Å². The fourth-order valence-electron chi connectivity index (χ4n) is 3.48. The highest BCUT2D eigenvalue weighted by Crippen LogP contribution is 2.39. The number of nitrogens with one attached hydrogen (secondary N) is 1. The van der Waals surface area contributed by atoms with Crippen LogP contribution in [0.2, 0.25) is 0 Å². The van der Waals surface area contributed by atoms with Crippen LogP contribution in [0.5, 0.6) is 17.2 Å². The lowest BCUT2D eigenvalue weighted by Crippen LogP contribution is -2.21. The van der Waals surface area contributed by atoms with Crippen LogP contribution >= 0.6 is 27.3 Å². The number of carbonyl (C=O) groups excluding carboxylic acids is 2. The van der Waals surface area contributed by atoms with Crippen molar-refractivity contribution in [3.8, 4) is 28.4 Å². The summed E-state index contributed by atoms with van der Waals surface area (Å²) in [6.07, 6.45) is 0. The summed E-state index contributed by atoms with van der Waals surface area (Å²) in [5.41, 5.74) is 2.63. The molecule has 0 saturated carbocycles. The Labute approximate surface area is 217 Å². The van der Waals surface area contributed by atoms with Crippen LogP contribution in [-0.4, -0.2) is 39.3 Å². The molecule has 0 aliphatic heterocycles. The molecule has 0 atom stereocenters. The molecule has 0 bridgehead atoms. The highest BCUT2D eigenvalue weighted by molar-refractivity contribution is 9.10. The van der Waals surface area contributed by atoms with Crippen molar-refractivity contribution in [2.24, 2.45) is 0 Å². The minimum atomic E-state index is -0.523. The first kappa shape index (κ1) is 26.6. The van der Waals surface area contributed by atoms with E-state index in [-0.39, 0.29) is 30.6 Å². The molecule has 0 aliphatic carbocycles. The van der Waals surface area contributed by atoms with Crippen molar-refractivity contribution < 1.29 is 28.5 Å². The van der Waals surface area contributed by atoms with Crippen LogP contribution in [0.15, 0.2) is 46.3 Å². The minimum Gasteiger partial charge on any atom is -0.493 e. The van der Waals surface area contributed by atoms with Gasteiger partial charge in [0.2, 0.25) is 0 Å². The zero-order valence-corrected chi connectivity index (χ0v) is 22.7. The van der Waals surface area contributed by atoms with Crippen molar-refractivity contribution in [2.75, 3.05) is 32.8 Å². The Hall–Kier alpha value is -3.04. The van der Waals surface area contributed by atoms with Gasteiger partial charge in [-0.3, -0.25) is 4.79 Å². The van der Waals surface area contributed by atoms with Gasteiger partial charge in [-0.15, -0.1) is 11.3 Å². The first-order valence-corrected chi connectivity index (χ1v) is 12.7. The number of carbonyl (C=O) groups is 2. The maximum absolute atomic E-state index is 12.9. The first-order chi connectivity index (χ1) is 16.8. The zero-order valence-electron chi connectivity index (χ0n) is 20.3. The first-order valence-electron chi connectivity index (χ1n) is 11.0. The van der Waals surface area contributed by atoms with Gasteiger partial charge in [-0.1, -0.05) is 35.8 Å². The maximum Gasteiger partial charge on any atom is 0.341 e. The van der Waals surface area contributed by atoms with Crippen molar-refractivity contribution in [3.63, 3.8) is 0 Å². The van der Waals surface area contributed by atoms with Crippen LogP contribution in [0.4, 0.5) is 5.00 Å². The molecule has 0 saturated heterocycles. The molecule has 0 unspecified atom stereocenters. The Balaban J connectivity index is 1.86. The van der Waals surface area contributed by atoms with E-state index in [0.717, 1.165) is 15.6 Å². The Morgan fingerprint density at radius 2 is 1.74 bits per heavy atom. The average Bonchev–Trinajstić information content (AvgIpc) is 3.26. The largest absolute Gasteiger partial charge is 0.493 e. The molecule has 1 N–H and O–H groups in total. The van der Waals surface area contributed by atoms with Crippen LogP contribution in [-0.2, 0) is 9.53 Å². The highest BCUT2D eigenvalue weighted by atomic mass is 79.9. The van der Waals surface area contributed by atoms with E-state index in [2.05, 4.69) is 35.1 Å². The summed E-state index contributed by atoms with van der Waals surface area (Å²) < 4.78 is 22.7. The molecule has 1 heterocycles. The van der Waals surface area contributed by atoms with E-state index in [0.29, 0.717) is 27.8 Å². The smallest absolute Gasteiger partial charge is 0.341 e. The number of ether oxygens (including phenoxy) is 4. The SMILES string of the molecule is CCOC(=O)c1c(-c2ccc(OC)c(OC)c2)csc1NC(=O)COc1ccc(Br)cc1C(C)C. The number of rotatable bonds is 10. The molecule has 2 aromatic carbocycles. The van der Waals surface area contributed by atoms with Crippen molar-refractivity contribution >= 4 is 44.1 Å². The molecular formula is C26H28BrNO6S. The second-order valence-electron chi connectivity index (χ2n) is 7.82. The number of amides is 1. The molecule has 0 spiro atoms. The maximum atomic E-state index is 12.9. The van der Waals surface area contributed by atoms with Gasteiger partial charge in [-0.2, -0.15) is 0 Å². The Morgan fingerprint density at radius 1 is 1.03 bits per heavy atom. The lowest BCUT2D eigenvalue weighted by atomic mass is 10.0. The average molecular weight is 562 g/mol. The van der Waals surface area contributed by atoms with E-state index < -0.39 is 5.97 Å². The fraction of sp³-hybridized carbons (Fsp3) is 0.308. The van der Waals surface area contributed by atoms with Crippen molar-refractivity contribution in [2.45, 2.75) is 26.7 Å². The summed E-state index contributed by atoms with van der Waals surface area (Å²) >= 11 is 4.71. The number of halogens is 1. The normalized spacial score (nSPS) is 10.7. The fourth-order valence-corrected chi connectivity index (χ4v) is 4.83. The van der Waals surface area contributed by atoms with Gasteiger partial charge in [0.05, 0.1) is 20.8 Å².